The van der Waals surface area contributed by atoms with E-state index in [2.05, 4.69) is 5.32 Å². The zero-order valence-corrected chi connectivity index (χ0v) is 23.1. The molecule has 5 aromatic rings. The zero-order chi connectivity index (χ0) is 28.4. The number of fused-ring (bicyclic) bond motifs is 3. The number of methoxy groups -OCH3 is 1. The molecule has 206 valence electrons. The number of anilines is 1. The first-order chi connectivity index (χ1) is 19.1. The van der Waals surface area contributed by atoms with Crippen LogP contribution in [0.2, 0.25) is 0 Å². The van der Waals surface area contributed by atoms with Gasteiger partial charge < -0.3 is 14.6 Å². The van der Waals surface area contributed by atoms with Crippen molar-refractivity contribution in [3.63, 3.8) is 0 Å². The molecule has 0 aliphatic rings. The van der Waals surface area contributed by atoms with Gasteiger partial charge in [-0.1, -0.05) is 42.5 Å². The number of aromatic nitrogens is 3. The molecular weight excluding hydrogens is 532 g/mol. The molecule has 1 N–H and O–H groups in total. The smallest absolute Gasteiger partial charge is 0.264 e. The van der Waals surface area contributed by atoms with E-state index in [9.17, 15) is 18.0 Å². The van der Waals surface area contributed by atoms with E-state index in [1.807, 2.05) is 60.7 Å². The largest absolute Gasteiger partial charge is 0.497 e. The van der Waals surface area contributed by atoms with Crippen molar-refractivity contribution in [2.75, 3.05) is 25.3 Å². The standard InChI is InChI=1S/C29H28N4O6S/c1-19(34)30-28-26-27(31-33(28)22-12-8-20(9-13-22)16-17-39-40(3,36)37)24-6-4-5-7-25(24)32(29(26)35)18-21-10-14-23(38-2)15-11-21/h4-15H,16-18H2,1-3H3,(H,30,34). The second kappa shape index (κ2) is 10.9. The summed E-state index contributed by atoms with van der Waals surface area (Å²) in [7, 11) is -1.92. The van der Waals surface area contributed by atoms with E-state index in [4.69, 9.17) is 14.0 Å². The van der Waals surface area contributed by atoms with Gasteiger partial charge in [0.1, 0.15) is 22.5 Å². The Morgan fingerprint density at radius 2 is 1.65 bits per heavy atom. The van der Waals surface area contributed by atoms with E-state index >= 15 is 0 Å². The SMILES string of the molecule is COc1ccc(Cn2c(=O)c3c(NC(C)=O)n(-c4ccc(CCOS(C)(=O)=O)cc4)nc3c3ccccc32)cc1. The van der Waals surface area contributed by atoms with Crippen molar-refractivity contribution in [2.24, 2.45) is 0 Å². The van der Waals surface area contributed by atoms with Crippen LogP contribution in [0.1, 0.15) is 18.1 Å². The van der Waals surface area contributed by atoms with E-state index < -0.39 is 10.1 Å². The Morgan fingerprint density at radius 3 is 2.30 bits per heavy atom. The lowest BCUT2D eigenvalue weighted by molar-refractivity contribution is -0.114. The Morgan fingerprint density at radius 1 is 0.975 bits per heavy atom. The summed E-state index contributed by atoms with van der Waals surface area (Å²) < 4.78 is 35.8. The number of nitrogens with one attached hydrogen (secondary N) is 1. The predicted octanol–water partition coefficient (Wildman–Crippen LogP) is 3.87. The summed E-state index contributed by atoms with van der Waals surface area (Å²) >= 11 is 0. The van der Waals surface area contributed by atoms with Gasteiger partial charge in [-0.15, -0.1) is 0 Å². The Hall–Kier alpha value is -4.48. The molecule has 3 aromatic carbocycles. The minimum absolute atomic E-state index is 0.0285. The van der Waals surface area contributed by atoms with Gasteiger partial charge in [-0.2, -0.15) is 13.5 Å². The average Bonchev–Trinajstić information content (AvgIpc) is 3.30. The first kappa shape index (κ1) is 27.1. The number of amides is 1. The Bertz CT molecular complexity index is 1880. The van der Waals surface area contributed by atoms with Gasteiger partial charge in [-0.05, 0) is 47.9 Å². The predicted molar refractivity (Wildman–Crippen MR) is 154 cm³/mol. The molecule has 11 heteroatoms. The fourth-order valence-electron chi connectivity index (χ4n) is 4.62. The molecule has 0 radical (unpaired) electrons. The third-order valence-electron chi connectivity index (χ3n) is 6.46. The van der Waals surface area contributed by atoms with Gasteiger partial charge in [0, 0.05) is 12.3 Å². The van der Waals surface area contributed by atoms with E-state index in [-0.39, 0.29) is 23.9 Å². The van der Waals surface area contributed by atoms with Crippen molar-refractivity contribution in [1.29, 1.82) is 0 Å². The lowest BCUT2D eigenvalue weighted by Crippen LogP contribution is -2.22. The van der Waals surface area contributed by atoms with E-state index in [0.29, 0.717) is 29.6 Å². The first-order valence-corrected chi connectivity index (χ1v) is 14.3. The van der Waals surface area contributed by atoms with Gasteiger partial charge in [0.25, 0.3) is 15.7 Å². The highest BCUT2D eigenvalue weighted by atomic mass is 32.2. The van der Waals surface area contributed by atoms with E-state index in [0.717, 1.165) is 34.0 Å². The molecule has 2 heterocycles. The van der Waals surface area contributed by atoms with Gasteiger partial charge >= 0.3 is 0 Å². The van der Waals surface area contributed by atoms with Crippen LogP contribution in [0.5, 0.6) is 5.75 Å². The van der Waals surface area contributed by atoms with Crippen LogP contribution in [0.15, 0.2) is 77.6 Å². The van der Waals surface area contributed by atoms with Gasteiger partial charge in [-0.3, -0.25) is 13.8 Å². The van der Waals surface area contributed by atoms with Gasteiger partial charge in [0.15, 0.2) is 0 Å². The van der Waals surface area contributed by atoms with Crippen LogP contribution in [0.25, 0.3) is 27.5 Å². The molecule has 0 saturated carbocycles. The summed E-state index contributed by atoms with van der Waals surface area (Å²) in [4.78, 5) is 26.3. The summed E-state index contributed by atoms with van der Waals surface area (Å²) in [5.41, 5.74) is 3.30. The third-order valence-corrected chi connectivity index (χ3v) is 7.05. The monoisotopic (exact) mass is 560 g/mol. The molecule has 0 saturated heterocycles. The minimum Gasteiger partial charge on any atom is -0.497 e. The van der Waals surface area contributed by atoms with Crippen molar-refractivity contribution in [3.05, 3.63) is 94.3 Å². The molecule has 5 rings (SSSR count). The van der Waals surface area contributed by atoms with Crippen molar-refractivity contribution >= 4 is 43.6 Å². The number of para-hydroxylation sites is 1. The topological polar surface area (TPSA) is 122 Å². The number of rotatable bonds is 9. The van der Waals surface area contributed by atoms with Gasteiger partial charge in [-0.25, -0.2) is 4.68 Å². The van der Waals surface area contributed by atoms with Crippen LogP contribution in [0, 0.1) is 0 Å². The lowest BCUT2D eigenvalue weighted by Gasteiger charge is -2.12. The van der Waals surface area contributed by atoms with Crippen molar-refractivity contribution in [2.45, 2.75) is 19.9 Å². The highest BCUT2D eigenvalue weighted by molar-refractivity contribution is 7.85. The Labute approximate surface area is 230 Å². The lowest BCUT2D eigenvalue weighted by atomic mass is 10.1. The molecule has 0 atom stereocenters. The van der Waals surface area contributed by atoms with Crippen LogP contribution >= 0.6 is 0 Å². The average molecular weight is 561 g/mol. The van der Waals surface area contributed by atoms with Crippen molar-refractivity contribution in [1.82, 2.24) is 14.3 Å². The summed E-state index contributed by atoms with van der Waals surface area (Å²) in [6.07, 6.45) is 1.41. The fraction of sp³-hybridized carbons (Fsp3) is 0.207. The van der Waals surface area contributed by atoms with Crippen LogP contribution < -0.4 is 15.6 Å². The summed E-state index contributed by atoms with van der Waals surface area (Å²) in [5.74, 6) is 0.654. The molecule has 1 amide bonds. The number of hydrogen-bond donors (Lipinski definition) is 1. The molecule has 0 unspecified atom stereocenters. The number of hydrogen-bond acceptors (Lipinski definition) is 7. The van der Waals surface area contributed by atoms with Gasteiger partial charge in [0.2, 0.25) is 5.91 Å². The molecular formula is C29H28N4O6S. The summed E-state index contributed by atoms with van der Waals surface area (Å²) in [6.45, 7) is 1.72. The Balaban J connectivity index is 1.64. The molecule has 0 aliphatic heterocycles. The summed E-state index contributed by atoms with van der Waals surface area (Å²) in [6, 6.07) is 22.3. The van der Waals surface area contributed by atoms with Gasteiger partial charge in [0.05, 0.1) is 37.7 Å². The number of pyridine rings is 1. The Kier molecular flexibility index (Phi) is 7.42. The second-order valence-corrected chi connectivity index (χ2v) is 11.0. The molecule has 40 heavy (non-hydrogen) atoms. The normalized spacial score (nSPS) is 11.7. The molecule has 10 nitrogen and oxygen atoms in total. The van der Waals surface area contributed by atoms with Crippen LogP contribution in [0.3, 0.4) is 0 Å². The van der Waals surface area contributed by atoms with Crippen LogP contribution in [-0.2, 0) is 32.1 Å². The van der Waals surface area contributed by atoms with Crippen LogP contribution in [0.4, 0.5) is 5.82 Å². The number of carbonyl (C=O) groups is 1. The van der Waals surface area contributed by atoms with Crippen molar-refractivity contribution in [3.8, 4) is 11.4 Å². The maximum Gasteiger partial charge on any atom is 0.264 e. The highest BCUT2D eigenvalue weighted by Gasteiger charge is 2.22. The zero-order valence-electron chi connectivity index (χ0n) is 22.2. The molecule has 0 spiro atoms. The van der Waals surface area contributed by atoms with E-state index in [1.54, 1.807) is 28.5 Å². The van der Waals surface area contributed by atoms with Crippen LogP contribution in [-0.4, -0.2) is 48.6 Å². The minimum atomic E-state index is -3.52. The molecule has 2 aromatic heterocycles. The fourth-order valence-corrected chi connectivity index (χ4v) is 5.00. The molecule has 0 bridgehead atoms. The quantitative estimate of drug-likeness (QED) is 0.272. The second-order valence-electron chi connectivity index (χ2n) is 9.36. The van der Waals surface area contributed by atoms with Crippen molar-refractivity contribution < 1.29 is 22.1 Å². The molecule has 0 fully saturated rings. The number of ether oxygens (including phenoxy) is 1. The summed E-state index contributed by atoms with van der Waals surface area (Å²) in [5, 5.41) is 8.67. The maximum atomic E-state index is 14.0. The number of benzene rings is 3. The first-order valence-electron chi connectivity index (χ1n) is 12.5. The highest BCUT2D eigenvalue weighted by Crippen LogP contribution is 2.30. The molecule has 0 aliphatic carbocycles. The number of nitrogens with zero attached hydrogens (tertiary/aromatic N) is 3. The number of carbonyl (C=O) groups excluding carboxylic acids is 1. The maximum absolute atomic E-state index is 14.0. The third kappa shape index (κ3) is 5.61. The van der Waals surface area contributed by atoms with E-state index in [1.165, 1.54) is 6.92 Å².